The van der Waals surface area contributed by atoms with Gasteiger partial charge >= 0.3 is 0 Å². The van der Waals surface area contributed by atoms with Gasteiger partial charge in [0.2, 0.25) is 0 Å². The van der Waals surface area contributed by atoms with E-state index < -0.39 is 0 Å². The minimum atomic E-state index is 0.0120. The highest BCUT2D eigenvalue weighted by molar-refractivity contribution is 5.48. The average Bonchev–Trinajstić information content (AvgIpc) is 2.14. The Labute approximate surface area is 88.5 Å². The third-order valence-corrected chi connectivity index (χ3v) is 3.21. The molecule has 0 amide bonds. The molecule has 2 aliphatic heterocycles. The standard InChI is InChI=1S/C11H14N2O2/c14-4-9-1-2-10(3-12-9)13-5-11(6-13)7-15-8-11/h1-3,14H,4-8H2. The monoisotopic (exact) mass is 206 g/mol. The smallest absolute Gasteiger partial charge is 0.0852 e. The molecule has 0 aliphatic carbocycles. The van der Waals surface area contributed by atoms with Crippen LogP contribution in [0.5, 0.6) is 0 Å². The molecule has 0 atom stereocenters. The highest BCUT2D eigenvalue weighted by Crippen LogP contribution is 2.39. The fourth-order valence-corrected chi connectivity index (χ4v) is 2.22. The van der Waals surface area contributed by atoms with Crippen LogP contribution in [0.15, 0.2) is 18.3 Å². The first-order chi connectivity index (χ1) is 7.31. The van der Waals surface area contributed by atoms with Crippen molar-refractivity contribution in [2.24, 2.45) is 5.41 Å². The predicted molar refractivity (Wildman–Crippen MR) is 55.6 cm³/mol. The number of aliphatic hydroxyl groups is 1. The fourth-order valence-electron chi connectivity index (χ4n) is 2.22. The van der Waals surface area contributed by atoms with Gasteiger partial charge in [-0.25, -0.2) is 0 Å². The van der Waals surface area contributed by atoms with Gasteiger partial charge in [-0.1, -0.05) is 0 Å². The molecule has 1 N–H and O–H groups in total. The minimum absolute atomic E-state index is 0.0120. The van der Waals surface area contributed by atoms with Crippen molar-refractivity contribution in [2.45, 2.75) is 6.61 Å². The zero-order chi connectivity index (χ0) is 10.3. The summed E-state index contributed by atoms with van der Waals surface area (Å²) in [5, 5.41) is 8.88. The topological polar surface area (TPSA) is 45.6 Å². The number of hydrogen-bond acceptors (Lipinski definition) is 4. The summed E-state index contributed by atoms with van der Waals surface area (Å²) >= 11 is 0. The van der Waals surface area contributed by atoms with Crippen LogP contribution in [0.1, 0.15) is 5.69 Å². The van der Waals surface area contributed by atoms with Gasteiger partial charge in [-0.3, -0.25) is 4.98 Å². The van der Waals surface area contributed by atoms with E-state index in [1.807, 2.05) is 18.3 Å². The first-order valence-corrected chi connectivity index (χ1v) is 5.20. The van der Waals surface area contributed by atoms with E-state index in [0.29, 0.717) is 5.41 Å². The summed E-state index contributed by atoms with van der Waals surface area (Å²) in [6, 6.07) is 3.89. The molecule has 1 spiro atoms. The predicted octanol–water partition coefficient (Wildman–Crippen LogP) is 0.410. The molecule has 4 nitrogen and oxygen atoms in total. The van der Waals surface area contributed by atoms with E-state index in [4.69, 9.17) is 9.84 Å². The fraction of sp³-hybridized carbons (Fsp3) is 0.545. The van der Waals surface area contributed by atoms with E-state index >= 15 is 0 Å². The summed E-state index contributed by atoms with van der Waals surface area (Å²) in [7, 11) is 0. The molecule has 0 unspecified atom stereocenters. The Morgan fingerprint density at radius 1 is 1.40 bits per heavy atom. The van der Waals surface area contributed by atoms with Crippen LogP contribution in [0.3, 0.4) is 0 Å². The van der Waals surface area contributed by atoms with Gasteiger partial charge in [-0.2, -0.15) is 0 Å². The van der Waals surface area contributed by atoms with E-state index in [2.05, 4.69) is 9.88 Å². The van der Waals surface area contributed by atoms with Crippen molar-refractivity contribution in [2.75, 3.05) is 31.2 Å². The molecule has 0 radical (unpaired) electrons. The summed E-state index contributed by atoms with van der Waals surface area (Å²) in [5.41, 5.74) is 2.31. The second-order valence-electron chi connectivity index (χ2n) is 4.51. The van der Waals surface area contributed by atoms with Gasteiger partial charge in [0.05, 0.1) is 42.8 Å². The molecule has 2 fully saturated rings. The Balaban J connectivity index is 1.67. The maximum Gasteiger partial charge on any atom is 0.0852 e. The van der Waals surface area contributed by atoms with Gasteiger partial charge in [0.1, 0.15) is 0 Å². The number of ether oxygens (including phenoxy) is 1. The first-order valence-electron chi connectivity index (χ1n) is 5.20. The lowest BCUT2D eigenvalue weighted by Crippen LogP contribution is -2.66. The van der Waals surface area contributed by atoms with E-state index in [9.17, 15) is 0 Å². The Morgan fingerprint density at radius 3 is 2.67 bits per heavy atom. The molecule has 2 aliphatic rings. The second kappa shape index (κ2) is 3.18. The number of aliphatic hydroxyl groups excluding tert-OH is 1. The van der Waals surface area contributed by atoms with Crippen LogP contribution in [0.2, 0.25) is 0 Å². The van der Waals surface area contributed by atoms with Gasteiger partial charge in [-0.05, 0) is 12.1 Å². The maximum atomic E-state index is 8.88. The van der Waals surface area contributed by atoms with Crippen molar-refractivity contribution in [1.29, 1.82) is 0 Å². The molecule has 3 rings (SSSR count). The zero-order valence-corrected chi connectivity index (χ0v) is 8.52. The molecule has 4 heteroatoms. The summed E-state index contributed by atoms with van der Waals surface area (Å²) in [4.78, 5) is 6.47. The van der Waals surface area contributed by atoms with Crippen LogP contribution in [-0.2, 0) is 11.3 Å². The van der Waals surface area contributed by atoms with Crippen LogP contribution >= 0.6 is 0 Å². The maximum absolute atomic E-state index is 8.88. The van der Waals surface area contributed by atoms with Crippen LogP contribution in [0.4, 0.5) is 5.69 Å². The highest BCUT2D eigenvalue weighted by atomic mass is 16.5. The lowest BCUT2D eigenvalue weighted by atomic mass is 9.78. The van der Waals surface area contributed by atoms with Crippen LogP contribution < -0.4 is 4.90 Å². The molecular formula is C11H14N2O2. The van der Waals surface area contributed by atoms with E-state index in [0.717, 1.165) is 37.7 Å². The van der Waals surface area contributed by atoms with Gasteiger partial charge in [0.15, 0.2) is 0 Å². The molecule has 0 bridgehead atoms. The normalized spacial score (nSPS) is 22.3. The number of anilines is 1. The van der Waals surface area contributed by atoms with Gasteiger partial charge < -0.3 is 14.7 Å². The Hall–Kier alpha value is -1.13. The molecular weight excluding hydrogens is 192 g/mol. The largest absolute Gasteiger partial charge is 0.390 e. The quantitative estimate of drug-likeness (QED) is 0.761. The highest BCUT2D eigenvalue weighted by Gasteiger charge is 2.49. The lowest BCUT2D eigenvalue weighted by Gasteiger charge is -2.55. The average molecular weight is 206 g/mol. The summed E-state index contributed by atoms with van der Waals surface area (Å²) in [6.07, 6.45) is 1.83. The van der Waals surface area contributed by atoms with E-state index in [1.54, 1.807) is 0 Å². The molecule has 3 heterocycles. The second-order valence-corrected chi connectivity index (χ2v) is 4.51. The molecule has 80 valence electrons. The molecule has 2 saturated heterocycles. The van der Waals surface area contributed by atoms with Crippen LogP contribution in [0, 0.1) is 5.41 Å². The Kier molecular flexibility index (Phi) is 1.94. The van der Waals surface area contributed by atoms with Crippen molar-refractivity contribution in [3.05, 3.63) is 24.0 Å². The summed E-state index contributed by atoms with van der Waals surface area (Å²) in [5.74, 6) is 0. The number of nitrogens with zero attached hydrogens (tertiary/aromatic N) is 2. The summed E-state index contributed by atoms with van der Waals surface area (Å²) in [6.45, 7) is 3.98. The number of rotatable bonds is 2. The molecule has 1 aromatic heterocycles. The molecule has 15 heavy (non-hydrogen) atoms. The van der Waals surface area contributed by atoms with Gasteiger partial charge in [-0.15, -0.1) is 0 Å². The zero-order valence-electron chi connectivity index (χ0n) is 8.52. The van der Waals surface area contributed by atoms with Crippen molar-refractivity contribution in [3.8, 4) is 0 Å². The van der Waals surface area contributed by atoms with Crippen LogP contribution in [0.25, 0.3) is 0 Å². The lowest BCUT2D eigenvalue weighted by molar-refractivity contribution is -0.127. The SMILES string of the molecule is OCc1ccc(N2CC3(COC3)C2)cn1. The molecule has 0 aromatic carbocycles. The molecule has 0 saturated carbocycles. The van der Waals surface area contributed by atoms with E-state index in [-0.39, 0.29) is 6.61 Å². The third kappa shape index (κ3) is 1.41. The Bertz CT molecular complexity index is 351. The first kappa shape index (κ1) is 9.12. The summed E-state index contributed by atoms with van der Waals surface area (Å²) < 4.78 is 5.23. The number of pyridine rings is 1. The van der Waals surface area contributed by atoms with Gasteiger partial charge in [0.25, 0.3) is 0 Å². The van der Waals surface area contributed by atoms with Crippen molar-refractivity contribution < 1.29 is 9.84 Å². The molecule has 1 aromatic rings. The van der Waals surface area contributed by atoms with E-state index in [1.165, 1.54) is 0 Å². The van der Waals surface area contributed by atoms with Crippen molar-refractivity contribution >= 4 is 5.69 Å². The number of aromatic nitrogens is 1. The van der Waals surface area contributed by atoms with Crippen LogP contribution in [-0.4, -0.2) is 36.4 Å². The number of hydrogen-bond donors (Lipinski definition) is 1. The minimum Gasteiger partial charge on any atom is -0.390 e. The third-order valence-electron chi connectivity index (χ3n) is 3.21. The van der Waals surface area contributed by atoms with Crippen molar-refractivity contribution in [1.82, 2.24) is 4.98 Å². The van der Waals surface area contributed by atoms with Crippen molar-refractivity contribution in [3.63, 3.8) is 0 Å². The Morgan fingerprint density at radius 2 is 2.20 bits per heavy atom. The van der Waals surface area contributed by atoms with Gasteiger partial charge in [0, 0.05) is 13.1 Å².